The van der Waals surface area contributed by atoms with Gasteiger partial charge in [-0.05, 0) is 38.1 Å². The third-order valence-corrected chi connectivity index (χ3v) is 3.34. The third-order valence-electron chi connectivity index (χ3n) is 3.09. The summed E-state index contributed by atoms with van der Waals surface area (Å²) in [7, 11) is 0. The minimum Gasteiger partial charge on any atom is -0.480 e. The number of carbonyl (C=O) groups is 1. The van der Waals surface area contributed by atoms with E-state index in [2.05, 4.69) is 4.98 Å². The molecule has 0 aliphatic rings. The molecule has 0 unspecified atom stereocenters. The fourth-order valence-electron chi connectivity index (χ4n) is 1.90. The lowest BCUT2D eigenvalue weighted by atomic mass is 10.2. The molecular formula is C15H17ClN2O3. The average Bonchev–Trinajstić information content (AvgIpc) is 2.87. The average molecular weight is 309 g/mol. The maximum atomic E-state index is 10.9. The predicted octanol–water partition coefficient (Wildman–Crippen LogP) is 3.29. The number of aliphatic carboxylic acids is 1. The molecule has 0 amide bonds. The van der Waals surface area contributed by atoms with E-state index in [1.165, 1.54) is 0 Å². The lowest BCUT2D eigenvalue weighted by molar-refractivity contribution is -0.139. The Morgan fingerprint density at radius 2 is 2.05 bits per heavy atom. The van der Waals surface area contributed by atoms with Crippen molar-refractivity contribution in [1.29, 1.82) is 0 Å². The van der Waals surface area contributed by atoms with Gasteiger partial charge in [0.05, 0.1) is 19.3 Å². The normalized spacial score (nSPS) is 11.3. The zero-order valence-electron chi connectivity index (χ0n) is 11.9. The number of hydrogen-bond donors (Lipinski definition) is 1. The van der Waals surface area contributed by atoms with Gasteiger partial charge in [-0.1, -0.05) is 11.6 Å². The molecule has 0 spiro atoms. The Balaban J connectivity index is 2.11. The van der Waals surface area contributed by atoms with Crippen molar-refractivity contribution in [1.82, 2.24) is 9.88 Å². The molecule has 112 valence electrons. The van der Waals surface area contributed by atoms with Gasteiger partial charge in [0, 0.05) is 16.6 Å². The van der Waals surface area contributed by atoms with E-state index in [0.29, 0.717) is 23.2 Å². The smallest absolute Gasteiger partial charge is 0.317 e. The van der Waals surface area contributed by atoms with E-state index in [4.69, 9.17) is 21.1 Å². The van der Waals surface area contributed by atoms with Crippen molar-refractivity contribution in [2.45, 2.75) is 26.4 Å². The van der Waals surface area contributed by atoms with Gasteiger partial charge in [0.25, 0.3) is 0 Å². The van der Waals surface area contributed by atoms with Crippen molar-refractivity contribution in [3.63, 3.8) is 0 Å². The van der Waals surface area contributed by atoms with Gasteiger partial charge in [0.2, 0.25) is 5.89 Å². The molecule has 0 fully saturated rings. The Labute approximate surface area is 128 Å². The fourth-order valence-corrected chi connectivity index (χ4v) is 2.03. The molecule has 0 bridgehead atoms. The number of benzene rings is 1. The molecule has 2 aromatic rings. The van der Waals surface area contributed by atoms with E-state index in [9.17, 15) is 4.79 Å². The van der Waals surface area contributed by atoms with Crippen LogP contribution in [0.3, 0.4) is 0 Å². The van der Waals surface area contributed by atoms with Crippen LogP contribution in [0.5, 0.6) is 0 Å². The van der Waals surface area contributed by atoms with Crippen LogP contribution in [0, 0.1) is 0 Å². The monoisotopic (exact) mass is 308 g/mol. The summed E-state index contributed by atoms with van der Waals surface area (Å²) in [6.45, 7) is 4.19. The molecular weight excluding hydrogens is 292 g/mol. The van der Waals surface area contributed by atoms with Crippen LogP contribution >= 0.6 is 11.6 Å². The first kappa shape index (κ1) is 15.5. The van der Waals surface area contributed by atoms with E-state index in [1.807, 2.05) is 26.0 Å². The molecule has 6 heteroatoms. The molecule has 1 N–H and O–H groups in total. The largest absolute Gasteiger partial charge is 0.480 e. The number of carboxylic acid groups (broad SMARTS) is 1. The lowest BCUT2D eigenvalue weighted by Crippen LogP contribution is -2.35. The number of aromatic nitrogens is 1. The Kier molecular flexibility index (Phi) is 4.98. The van der Waals surface area contributed by atoms with Crippen LogP contribution in [0.4, 0.5) is 0 Å². The first-order valence-corrected chi connectivity index (χ1v) is 7.00. The highest BCUT2D eigenvalue weighted by Crippen LogP contribution is 2.23. The number of carboxylic acids is 1. The van der Waals surface area contributed by atoms with Crippen LogP contribution in [0.1, 0.15) is 19.7 Å². The topological polar surface area (TPSA) is 66.6 Å². The molecule has 0 aliphatic carbocycles. The highest BCUT2D eigenvalue weighted by Gasteiger charge is 2.17. The van der Waals surface area contributed by atoms with Gasteiger partial charge in [-0.2, -0.15) is 0 Å². The zero-order valence-corrected chi connectivity index (χ0v) is 12.7. The Morgan fingerprint density at radius 3 is 2.62 bits per heavy atom. The zero-order chi connectivity index (χ0) is 15.4. The summed E-state index contributed by atoms with van der Waals surface area (Å²) < 4.78 is 5.68. The standard InChI is InChI=1S/C15H17ClN2O3/c1-10(2)18(9-15(19)20)8-14-17-7-13(21-14)11-3-5-12(16)6-4-11/h3-7,10H,8-9H2,1-2H3,(H,19,20). The third kappa shape index (κ3) is 4.31. The minimum absolute atomic E-state index is 0.0453. The van der Waals surface area contributed by atoms with Crippen molar-refractivity contribution in [2.75, 3.05) is 6.54 Å². The van der Waals surface area contributed by atoms with Crippen molar-refractivity contribution in [3.05, 3.63) is 41.4 Å². The quantitative estimate of drug-likeness (QED) is 0.887. The number of rotatable bonds is 6. The molecule has 2 rings (SSSR count). The van der Waals surface area contributed by atoms with Gasteiger partial charge < -0.3 is 9.52 Å². The maximum Gasteiger partial charge on any atom is 0.317 e. The highest BCUT2D eigenvalue weighted by molar-refractivity contribution is 6.30. The molecule has 1 heterocycles. The van der Waals surface area contributed by atoms with Crippen molar-refractivity contribution >= 4 is 17.6 Å². The summed E-state index contributed by atoms with van der Waals surface area (Å²) in [4.78, 5) is 16.8. The first-order chi connectivity index (χ1) is 9.95. The molecule has 0 radical (unpaired) electrons. The molecule has 0 saturated heterocycles. The summed E-state index contributed by atoms with van der Waals surface area (Å²) in [5.74, 6) is 0.267. The van der Waals surface area contributed by atoms with Gasteiger partial charge >= 0.3 is 5.97 Å². The number of nitrogens with zero attached hydrogens (tertiary/aromatic N) is 2. The van der Waals surface area contributed by atoms with Crippen LogP contribution in [-0.4, -0.2) is 33.5 Å². The molecule has 21 heavy (non-hydrogen) atoms. The van der Waals surface area contributed by atoms with Crippen LogP contribution in [0.15, 0.2) is 34.9 Å². The first-order valence-electron chi connectivity index (χ1n) is 6.62. The minimum atomic E-state index is -0.867. The Bertz CT molecular complexity index is 608. The van der Waals surface area contributed by atoms with Gasteiger partial charge in [0.15, 0.2) is 5.76 Å². The van der Waals surface area contributed by atoms with Gasteiger partial charge in [0.1, 0.15) is 0 Å². The molecule has 1 aromatic carbocycles. The van der Waals surface area contributed by atoms with Gasteiger partial charge in [-0.15, -0.1) is 0 Å². The van der Waals surface area contributed by atoms with E-state index in [1.54, 1.807) is 23.2 Å². The Hall–Kier alpha value is -1.85. The summed E-state index contributed by atoms with van der Waals surface area (Å²) in [5.41, 5.74) is 0.882. The molecule has 0 aliphatic heterocycles. The van der Waals surface area contributed by atoms with E-state index < -0.39 is 5.97 Å². The highest BCUT2D eigenvalue weighted by atomic mass is 35.5. The van der Waals surface area contributed by atoms with E-state index in [-0.39, 0.29) is 12.6 Å². The number of hydrogen-bond acceptors (Lipinski definition) is 4. The van der Waals surface area contributed by atoms with Crippen molar-refractivity contribution in [2.24, 2.45) is 0 Å². The summed E-state index contributed by atoms with van der Waals surface area (Å²) in [5, 5.41) is 9.57. The Morgan fingerprint density at radius 1 is 1.38 bits per heavy atom. The summed E-state index contributed by atoms with van der Waals surface area (Å²) in [6.07, 6.45) is 1.64. The van der Waals surface area contributed by atoms with Crippen molar-refractivity contribution < 1.29 is 14.3 Å². The fraction of sp³-hybridized carbons (Fsp3) is 0.333. The van der Waals surface area contributed by atoms with Gasteiger partial charge in [-0.25, -0.2) is 4.98 Å². The second-order valence-electron chi connectivity index (χ2n) is 5.02. The molecule has 1 aromatic heterocycles. The number of oxazole rings is 1. The summed E-state index contributed by atoms with van der Waals surface area (Å²) >= 11 is 5.85. The second-order valence-corrected chi connectivity index (χ2v) is 5.45. The predicted molar refractivity (Wildman–Crippen MR) is 80.1 cm³/mol. The number of halogens is 1. The van der Waals surface area contributed by atoms with Crippen LogP contribution < -0.4 is 0 Å². The van der Waals surface area contributed by atoms with Crippen LogP contribution in [0.25, 0.3) is 11.3 Å². The summed E-state index contributed by atoms with van der Waals surface area (Å²) in [6, 6.07) is 7.36. The maximum absolute atomic E-state index is 10.9. The van der Waals surface area contributed by atoms with Crippen LogP contribution in [-0.2, 0) is 11.3 Å². The SMILES string of the molecule is CC(C)N(CC(=O)O)Cc1ncc(-c2ccc(Cl)cc2)o1. The van der Waals surface area contributed by atoms with Crippen molar-refractivity contribution in [3.8, 4) is 11.3 Å². The van der Waals surface area contributed by atoms with E-state index in [0.717, 1.165) is 5.56 Å². The van der Waals surface area contributed by atoms with Gasteiger partial charge in [-0.3, -0.25) is 9.69 Å². The molecule has 5 nitrogen and oxygen atoms in total. The van der Waals surface area contributed by atoms with E-state index >= 15 is 0 Å². The van der Waals surface area contributed by atoms with Crippen LogP contribution in [0.2, 0.25) is 5.02 Å². The molecule has 0 atom stereocenters. The lowest BCUT2D eigenvalue weighted by Gasteiger charge is -2.22. The second kappa shape index (κ2) is 6.74. The molecule has 0 saturated carbocycles.